The van der Waals surface area contributed by atoms with Crippen molar-refractivity contribution in [2.45, 2.75) is 24.2 Å². The highest BCUT2D eigenvalue weighted by molar-refractivity contribution is 7.89. The molecule has 1 aromatic rings. The van der Waals surface area contributed by atoms with Crippen LogP contribution in [0.4, 0.5) is 10.1 Å². The van der Waals surface area contributed by atoms with Gasteiger partial charge < -0.3 is 10.6 Å². The molecule has 0 aliphatic carbocycles. The molecule has 1 aromatic carbocycles. The molecule has 0 atom stereocenters. The predicted molar refractivity (Wildman–Crippen MR) is 76.4 cm³/mol. The Morgan fingerprint density at radius 3 is 2.67 bits per heavy atom. The number of sulfonamides is 1. The molecule has 3 N–H and O–H groups in total. The third-order valence-corrected chi connectivity index (χ3v) is 4.81. The van der Waals surface area contributed by atoms with Gasteiger partial charge in [-0.05, 0) is 31.0 Å². The zero-order valence-corrected chi connectivity index (χ0v) is 12.3. The van der Waals surface area contributed by atoms with Crippen LogP contribution in [0.3, 0.4) is 0 Å². The monoisotopic (exact) mass is 315 g/mol. The fourth-order valence-electron chi connectivity index (χ4n) is 2.22. The number of halogens is 1. The molecule has 1 heterocycles. The van der Waals surface area contributed by atoms with Crippen molar-refractivity contribution in [3.05, 3.63) is 24.0 Å². The van der Waals surface area contributed by atoms with Crippen molar-refractivity contribution >= 4 is 21.6 Å². The Bertz CT molecular complexity index is 628. The molecule has 0 aromatic heterocycles. The van der Waals surface area contributed by atoms with Crippen LogP contribution in [0.5, 0.6) is 0 Å². The van der Waals surface area contributed by atoms with E-state index in [0.29, 0.717) is 0 Å². The van der Waals surface area contributed by atoms with Gasteiger partial charge in [0.05, 0.1) is 0 Å². The molecular weight excluding hydrogens is 297 g/mol. The Hall–Kier alpha value is -1.67. The molecule has 0 radical (unpaired) electrons. The first kappa shape index (κ1) is 15.7. The number of benzene rings is 1. The zero-order chi connectivity index (χ0) is 15.5. The number of nitrogens with two attached hydrogens (primary N) is 1. The quantitative estimate of drug-likeness (QED) is 0.782. The van der Waals surface area contributed by atoms with E-state index in [9.17, 15) is 17.6 Å². The fraction of sp³-hybridized carbons (Fsp3) is 0.462. The second-order valence-corrected chi connectivity index (χ2v) is 6.66. The molecule has 0 saturated carbocycles. The van der Waals surface area contributed by atoms with Gasteiger partial charge in [-0.3, -0.25) is 4.79 Å². The molecule has 21 heavy (non-hydrogen) atoms. The summed E-state index contributed by atoms with van der Waals surface area (Å²) in [5.41, 5.74) is 5.62. The van der Waals surface area contributed by atoms with Gasteiger partial charge in [0.15, 0.2) is 0 Å². The Labute approximate surface area is 123 Å². The van der Waals surface area contributed by atoms with Crippen molar-refractivity contribution in [1.82, 2.24) is 9.62 Å². The SMILES string of the molecule is Nc1ccc(F)c(S(=O)(=O)NCCC(=O)N2CCCC2)c1. The number of hydrogen-bond donors (Lipinski definition) is 2. The Morgan fingerprint density at radius 2 is 2.00 bits per heavy atom. The first-order chi connectivity index (χ1) is 9.90. The number of carbonyl (C=O) groups is 1. The van der Waals surface area contributed by atoms with Gasteiger partial charge in [-0.1, -0.05) is 0 Å². The lowest BCUT2D eigenvalue weighted by atomic mass is 10.3. The summed E-state index contributed by atoms with van der Waals surface area (Å²) in [5.74, 6) is -0.967. The lowest BCUT2D eigenvalue weighted by molar-refractivity contribution is -0.129. The van der Waals surface area contributed by atoms with Crippen molar-refractivity contribution in [2.24, 2.45) is 0 Å². The van der Waals surface area contributed by atoms with E-state index in [0.717, 1.165) is 38.1 Å². The van der Waals surface area contributed by atoms with Crippen LogP contribution in [0.2, 0.25) is 0 Å². The van der Waals surface area contributed by atoms with Gasteiger partial charge in [0, 0.05) is 31.7 Å². The molecule has 0 unspecified atom stereocenters. The predicted octanol–water partition coefficient (Wildman–Crippen LogP) is 0.699. The zero-order valence-electron chi connectivity index (χ0n) is 11.5. The van der Waals surface area contributed by atoms with E-state index < -0.39 is 20.7 Å². The van der Waals surface area contributed by atoms with E-state index in [1.165, 1.54) is 6.07 Å². The molecule has 2 rings (SSSR count). The van der Waals surface area contributed by atoms with Crippen LogP contribution in [0.25, 0.3) is 0 Å². The van der Waals surface area contributed by atoms with Crippen LogP contribution < -0.4 is 10.5 Å². The Morgan fingerprint density at radius 1 is 1.33 bits per heavy atom. The average Bonchev–Trinajstić information content (AvgIpc) is 2.95. The van der Waals surface area contributed by atoms with Crippen LogP contribution in [0, 0.1) is 5.82 Å². The minimum atomic E-state index is -4.01. The van der Waals surface area contributed by atoms with Crippen molar-refractivity contribution < 1.29 is 17.6 Å². The first-order valence-electron chi connectivity index (χ1n) is 6.72. The normalized spacial score (nSPS) is 15.4. The van der Waals surface area contributed by atoms with Gasteiger partial charge in [-0.2, -0.15) is 0 Å². The molecule has 1 saturated heterocycles. The highest BCUT2D eigenvalue weighted by atomic mass is 32.2. The molecule has 1 fully saturated rings. The summed E-state index contributed by atoms with van der Waals surface area (Å²) in [7, 11) is -4.01. The van der Waals surface area contributed by atoms with E-state index >= 15 is 0 Å². The van der Waals surface area contributed by atoms with E-state index in [1.54, 1.807) is 4.90 Å². The van der Waals surface area contributed by atoms with Gasteiger partial charge in [-0.25, -0.2) is 17.5 Å². The highest BCUT2D eigenvalue weighted by Crippen LogP contribution is 2.17. The summed E-state index contributed by atoms with van der Waals surface area (Å²) < 4.78 is 39.7. The summed E-state index contributed by atoms with van der Waals surface area (Å²) in [6.45, 7) is 1.37. The molecule has 116 valence electrons. The van der Waals surface area contributed by atoms with Crippen LogP contribution in [-0.2, 0) is 14.8 Å². The Kier molecular flexibility index (Phi) is 4.79. The molecular formula is C13H18FN3O3S. The van der Waals surface area contributed by atoms with Gasteiger partial charge in [0.2, 0.25) is 15.9 Å². The number of nitrogens with zero attached hydrogens (tertiary/aromatic N) is 1. The Balaban J connectivity index is 1.95. The van der Waals surface area contributed by atoms with Crippen molar-refractivity contribution in [3.63, 3.8) is 0 Å². The molecule has 8 heteroatoms. The number of nitrogens with one attached hydrogen (secondary N) is 1. The number of nitrogen functional groups attached to an aromatic ring is 1. The van der Waals surface area contributed by atoms with Gasteiger partial charge >= 0.3 is 0 Å². The molecule has 1 aliphatic heterocycles. The third-order valence-electron chi connectivity index (χ3n) is 3.33. The second-order valence-electron chi connectivity index (χ2n) is 4.93. The van der Waals surface area contributed by atoms with E-state index in [1.807, 2.05) is 0 Å². The maximum Gasteiger partial charge on any atom is 0.243 e. The standard InChI is InChI=1S/C13H18FN3O3S/c14-11-4-3-10(15)9-12(11)21(19,20)16-6-5-13(18)17-7-1-2-8-17/h3-4,9,16H,1-2,5-8,15H2. The smallest absolute Gasteiger partial charge is 0.243 e. The average molecular weight is 315 g/mol. The molecule has 1 aliphatic rings. The van der Waals surface area contributed by atoms with Crippen LogP contribution in [0.15, 0.2) is 23.1 Å². The van der Waals surface area contributed by atoms with Crippen molar-refractivity contribution in [2.75, 3.05) is 25.4 Å². The summed E-state index contributed by atoms with van der Waals surface area (Å²) in [4.78, 5) is 13.0. The molecule has 6 nitrogen and oxygen atoms in total. The number of carbonyl (C=O) groups excluding carboxylic acids is 1. The molecule has 0 bridgehead atoms. The number of amides is 1. The minimum Gasteiger partial charge on any atom is -0.399 e. The summed E-state index contributed by atoms with van der Waals surface area (Å²) in [6.07, 6.45) is 2.01. The van der Waals surface area contributed by atoms with E-state index in [2.05, 4.69) is 4.72 Å². The molecule has 0 spiro atoms. The van der Waals surface area contributed by atoms with Gasteiger partial charge in [-0.15, -0.1) is 0 Å². The van der Waals surface area contributed by atoms with Crippen LogP contribution in [-0.4, -0.2) is 38.9 Å². The number of rotatable bonds is 5. The lowest BCUT2D eigenvalue weighted by Gasteiger charge is -2.15. The number of hydrogen-bond acceptors (Lipinski definition) is 4. The van der Waals surface area contributed by atoms with E-state index in [4.69, 9.17) is 5.73 Å². The van der Waals surface area contributed by atoms with Gasteiger partial charge in [0.25, 0.3) is 0 Å². The molecule has 1 amide bonds. The second kappa shape index (κ2) is 6.40. The number of likely N-dealkylation sites (tertiary alicyclic amines) is 1. The maximum absolute atomic E-state index is 13.5. The van der Waals surface area contributed by atoms with Crippen LogP contribution in [0.1, 0.15) is 19.3 Å². The summed E-state index contributed by atoms with van der Waals surface area (Å²) in [5, 5.41) is 0. The lowest BCUT2D eigenvalue weighted by Crippen LogP contribution is -2.33. The third kappa shape index (κ3) is 3.92. The topological polar surface area (TPSA) is 92.5 Å². The summed E-state index contributed by atoms with van der Waals surface area (Å²) >= 11 is 0. The largest absolute Gasteiger partial charge is 0.399 e. The minimum absolute atomic E-state index is 0.0587. The maximum atomic E-state index is 13.5. The highest BCUT2D eigenvalue weighted by Gasteiger charge is 2.21. The van der Waals surface area contributed by atoms with Crippen molar-refractivity contribution in [1.29, 1.82) is 0 Å². The van der Waals surface area contributed by atoms with Gasteiger partial charge in [0.1, 0.15) is 10.7 Å². The summed E-state index contributed by atoms with van der Waals surface area (Å²) in [6, 6.07) is 3.34. The first-order valence-corrected chi connectivity index (χ1v) is 8.21. The fourth-order valence-corrected chi connectivity index (χ4v) is 3.36. The van der Waals surface area contributed by atoms with Crippen molar-refractivity contribution in [3.8, 4) is 0 Å². The van der Waals surface area contributed by atoms with E-state index in [-0.39, 0.29) is 24.6 Å². The number of anilines is 1. The van der Waals surface area contributed by atoms with Crippen LogP contribution >= 0.6 is 0 Å².